The predicted octanol–water partition coefficient (Wildman–Crippen LogP) is 2.48. The molecule has 104 valence electrons. The van der Waals surface area contributed by atoms with Crippen molar-refractivity contribution in [2.75, 3.05) is 26.8 Å². The van der Waals surface area contributed by atoms with E-state index in [0.717, 1.165) is 43.9 Å². The predicted molar refractivity (Wildman–Crippen MR) is 73.5 cm³/mol. The first-order valence-electron chi connectivity index (χ1n) is 6.84. The standard InChI is InChI=1S/C15H21NO3/c1-18-13-6-8-14(9-7-13)19-12-4-5-15(17)16-10-2-3-11-16/h6-9H,2-5,10-12H2,1H3. The molecule has 1 aliphatic rings. The highest BCUT2D eigenvalue weighted by molar-refractivity contribution is 5.76. The van der Waals surface area contributed by atoms with Crippen molar-refractivity contribution in [1.29, 1.82) is 0 Å². The van der Waals surface area contributed by atoms with Crippen molar-refractivity contribution in [2.45, 2.75) is 25.7 Å². The van der Waals surface area contributed by atoms with Crippen LogP contribution in [0.3, 0.4) is 0 Å². The van der Waals surface area contributed by atoms with Crippen LogP contribution in [0.15, 0.2) is 24.3 Å². The minimum atomic E-state index is 0.260. The van der Waals surface area contributed by atoms with Crippen molar-refractivity contribution in [1.82, 2.24) is 4.90 Å². The fourth-order valence-corrected chi connectivity index (χ4v) is 2.21. The van der Waals surface area contributed by atoms with Gasteiger partial charge in [0.1, 0.15) is 11.5 Å². The summed E-state index contributed by atoms with van der Waals surface area (Å²) in [6.07, 6.45) is 3.64. The summed E-state index contributed by atoms with van der Waals surface area (Å²) in [6, 6.07) is 7.48. The van der Waals surface area contributed by atoms with E-state index in [9.17, 15) is 4.79 Å². The second-order valence-electron chi connectivity index (χ2n) is 4.72. The first-order chi connectivity index (χ1) is 9.29. The Hall–Kier alpha value is -1.71. The number of ether oxygens (including phenoxy) is 2. The van der Waals surface area contributed by atoms with E-state index in [1.807, 2.05) is 29.2 Å². The molecule has 19 heavy (non-hydrogen) atoms. The minimum Gasteiger partial charge on any atom is -0.497 e. The van der Waals surface area contributed by atoms with Crippen LogP contribution in [0.4, 0.5) is 0 Å². The van der Waals surface area contributed by atoms with Crippen molar-refractivity contribution in [3.63, 3.8) is 0 Å². The normalized spacial score (nSPS) is 14.5. The average Bonchev–Trinajstić information content (AvgIpc) is 2.98. The molecule has 2 rings (SSSR count). The molecule has 1 fully saturated rings. The third kappa shape index (κ3) is 4.16. The monoisotopic (exact) mass is 263 g/mol. The molecule has 0 N–H and O–H groups in total. The summed E-state index contributed by atoms with van der Waals surface area (Å²) in [5.41, 5.74) is 0. The van der Waals surface area contributed by atoms with Crippen LogP contribution in [0.2, 0.25) is 0 Å². The second kappa shape index (κ2) is 7.02. The van der Waals surface area contributed by atoms with Gasteiger partial charge >= 0.3 is 0 Å². The van der Waals surface area contributed by atoms with Gasteiger partial charge in [-0.3, -0.25) is 4.79 Å². The molecule has 4 nitrogen and oxygen atoms in total. The fourth-order valence-electron chi connectivity index (χ4n) is 2.21. The quantitative estimate of drug-likeness (QED) is 0.740. The van der Waals surface area contributed by atoms with Crippen molar-refractivity contribution >= 4 is 5.91 Å². The Morgan fingerprint density at radius 3 is 2.42 bits per heavy atom. The highest BCUT2D eigenvalue weighted by atomic mass is 16.5. The van der Waals surface area contributed by atoms with E-state index < -0.39 is 0 Å². The summed E-state index contributed by atoms with van der Waals surface area (Å²) in [5, 5.41) is 0. The maximum absolute atomic E-state index is 11.8. The van der Waals surface area contributed by atoms with Gasteiger partial charge in [0.2, 0.25) is 5.91 Å². The van der Waals surface area contributed by atoms with E-state index in [2.05, 4.69) is 0 Å². The van der Waals surface area contributed by atoms with Crippen molar-refractivity contribution in [3.8, 4) is 11.5 Å². The van der Waals surface area contributed by atoms with Gasteiger partial charge in [-0.15, -0.1) is 0 Å². The van der Waals surface area contributed by atoms with Gasteiger partial charge in [-0.2, -0.15) is 0 Å². The molecule has 1 aromatic rings. The number of rotatable bonds is 6. The number of nitrogens with zero attached hydrogens (tertiary/aromatic N) is 1. The SMILES string of the molecule is COc1ccc(OCCCC(=O)N2CCCC2)cc1. The summed E-state index contributed by atoms with van der Waals surface area (Å²) in [5.74, 6) is 1.89. The Morgan fingerprint density at radius 2 is 1.79 bits per heavy atom. The molecule has 0 aromatic heterocycles. The van der Waals surface area contributed by atoms with E-state index in [-0.39, 0.29) is 5.91 Å². The molecule has 1 aromatic carbocycles. The van der Waals surface area contributed by atoms with Crippen molar-refractivity contribution in [2.24, 2.45) is 0 Å². The molecule has 4 heteroatoms. The Bertz CT molecular complexity index is 396. The zero-order valence-electron chi connectivity index (χ0n) is 11.4. The van der Waals surface area contributed by atoms with Crippen LogP contribution in [-0.2, 0) is 4.79 Å². The summed E-state index contributed by atoms with van der Waals surface area (Å²) in [7, 11) is 1.64. The van der Waals surface area contributed by atoms with Crippen LogP contribution in [0.1, 0.15) is 25.7 Å². The number of hydrogen-bond donors (Lipinski definition) is 0. The van der Waals surface area contributed by atoms with Gasteiger partial charge in [0.05, 0.1) is 13.7 Å². The number of amides is 1. The number of carbonyl (C=O) groups excluding carboxylic acids is 1. The smallest absolute Gasteiger partial charge is 0.222 e. The lowest BCUT2D eigenvalue weighted by Crippen LogP contribution is -2.27. The van der Waals surface area contributed by atoms with E-state index in [4.69, 9.17) is 9.47 Å². The molecule has 0 aliphatic carbocycles. The third-order valence-corrected chi connectivity index (χ3v) is 3.32. The Labute approximate surface area is 114 Å². The van der Waals surface area contributed by atoms with Crippen molar-refractivity contribution in [3.05, 3.63) is 24.3 Å². The Balaban J connectivity index is 1.64. The van der Waals surface area contributed by atoms with Gasteiger partial charge in [-0.25, -0.2) is 0 Å². The third-order valence-electron chi connectivity index (χ3n) is 3.32. The van der Waals surface area contributed by atoms with Gasteiger partial charge in [-0.05, 0) is 43.5 Å². The maximum atomic E-state index is 11.8. The highest BCUT2D eigenvalue weighted by Crippen LogP contribution is 2.17. The van der Waals surface area contributed by atoms with E-state index in [1.54, 1.807) is 7.11 Å². The lowest BCUT2D eigenvalue weighted by molar-refractivity contribution is -0.130. The first kappa shape index (κ1) is 13.7. The van der Waals surface area contributed by atoms with Gasteiger partial charge in [0, 0.05) is 19.5 Å². The number of carbonyl (C=O) groups is 1. The largest absolute Gasteiger partial charge is 0.497 e. The molecule has 0 saturated carbocycles. The molecule has 1 saturated heterocycles. The van der Waals surface area contributed by atoms with E-state index >= 15 is 0 Å². The van der Waals surface area contributed by atoms with E-state index in [0.29, 0.717) is 13.0 Å². The summed E-state index contributed by atoms with van der Waals surface area (Å²) < 4.78 is 10.7. The molecular formula is C15H21NO3. The maximum Gasteiger partial charge on any atom is 0.222 e. The second-order valence-corrected chi connectivity index (χ2v) is 4.72. The number of methoxy groups -OCH3 is 1. The van der Waals surface area contributed by atoms with Gasteiger partial charge in [0.15, 0.2) is 0 Å². The number of hydrogen-bond acceptors (Lipinski definition) is 3. The first-order valence-corrected chi connectivity index (χ1v) is 6.84. The number of benzene rings is 1. The highest BCUT2D eigenvalue weighted by Gasteiger charge is 2.16. The lowest BCUT2D eigenvalue weighted by Gasteiger charge is -2.15. The summed E-state index contributed by atoms with van der Waals surface area (Å²) in [6.45, 7) is 2.43. The molecule has 0 spiro atoms. The van der Waals surface area contributed by atoms with Crippen LogP contribution in [-0.4, -0.2) is 37.6 Å². The van der Waals surface area contributed by atoms with Crippen LogP contribution >= 0.6 is 0 Å². The van der Waals surface area contributed by atoms with Crippen molar-refractivity contribution < 1.29 is 14.3 Å². The molecule has 0 bridgehead atoms. The minimum absolute atomic E-state index is 0.260. The van der Waals surface area contributed by atoms with Crippen LogP contribution in [0.25, 0.3) is 0 Å². The molecule has 0 radical (unpaired) electrons. The summed E-state index contributed by atoms with van der Waals surface area (Å²) >= 11 is 0. The van der Waals surface area contributed by atoms with Gasteiger partial charge < -0.3 is 14.4 Å². The fraction of sp³-hybridized carbons (Fsp3) is 0.533. The lowest BCUT2D eigenvalue weighted by atomic mass is 10.3. The molecule has 1 amide bonds. The zero-order chi connectivity index (χ0) is 13.5. The topological polar surface area (TPSA) is 38.8 Å². The Morgan fingerprint density at radius 1 is 1.16 bits per heavy atom. The molecule has 0 unspecified atom stereocenters. The molecular weight excluding hydrogens is 242 g/mol. The van der Waals surface area contributed by atoms with Crippen LogP contribution in [0.5, 0.6) is 11.5 Å². The number of likely N-dealkylation sites (tertiary alicyclic amines) is 1. The van der Waals surface area contributed by atoms with E-state index in [1.165, 1.54) is 0 Å². The van der Waals surface area contributed by atoms with Crippen LogP contribution in [0, 0.1) is 0 Å². The van der Waals surface area contributed by atoms with Gasteiger partial charge in [-0.1, -0.05) is 0 Å². The molecule has 1 aliphatic heterocycles. The zero-order valence-corrected chi connectivity index (χ0v) is 11.4. The molecule has 1 heterocycles. The Kier molecular flexibility index (Phi) is 5.07. The summed E-state index contributed by atoms with van der Waals surface area (Å²) in [4.78, 5) is 13.7. The average molecular weight is 263 g/mol. The van der Waals surface area contributed by atoms with Gasteiger partial charge in [0.25, 0.3) is 0 Å². The molecule has 0 atom stereocenters. The van der Waals surface area contributed by atoms with Crippen LogP contribution < -0.4 is 9.47 Å².